The van der Waals surface area contributed by atoms with Crippen LogP contribution in [0.3, 0.4) is 0 Å². The summed E-state index contributed by atoms with van der Waals surface area (Å²) in [6.45, 7) is 10.7. The number of hydrogen-bond donors (Lipinski definition) is 3. The van der Waals surface area contributed by atoms with Gasteiger partial charge in [-0.3, -0.25) is 4.79 Å². The first-order chi connectivity index (χ1) is 10.0. The van der Waals surface area contributed by atoms with Gasteiger partial charge in [0, 0.05) is 13.0 Å². The summed E-state index contributed by atoms with van der Waals surface area (Å²) in [5.41, 5.74) is 6.89. The zero-order valence-electron chi connectivity index (χ0n) is 14.1. The van der Waals surface area contributed by atoms with Crippen LogP contribution in [0.2, 0.25) is 0 Å². The molecule has 3 amide bonds. The monoisotopic (exact) mass is 305 g/mol. The molecule has 0 saturated heterocycles. The minimum absolute atomic E-state index is 0.104. The van der Waals surface area contributed by atoms with E-state index in [1.807, 2.05) is 26.0 Å². The van der Waals surface area contributed by atoms with Crippen LogP contribution in [0.5, 0.6) is 0 Å². The molecule has 0 aromatic heterocycles. The van der Waals surface area contributed by atoms with Crippen molar-refractivity contribution in [2.45, 2.75) is 52.0 Å². The van der Waals surface area contributed by atoms with Crippen molar-refractivity contribution >= 4 is 11.9 Å². The Labute approximate surface area is 132 Å². The molecule has 0 aliphatic carbocycles. The number of rotatable bonds is 5. The Kier molecular flexibility index (Phi) is 5.58. The summed E-state index contributed by atoms with van der Waals surface area (Å²) < 4.78 is 0. The lowest BCUT2D eigenvalue weighted by Crippen LogP contribution is -2.42. The number of benzene rings is 1. The standard InChI is InChI=1S/C17H27N3O2/c1-16(2,3)12-6-8-13(9-7-12)17(4,5)20-14(21)10-11-19-15(18)22/h6-9H,10-11H2,1-5H3,(H,20,21)(H3,18,19,22). The van der Waals surface area contributed by atoms with Gasteiger partial charge in [0.15, 0.2) is 0 Å². The number of nitrogens with one attached hydrogen (secondary N) is 2. The van der Waals surface area contributed by atoms with E-state index >= 15 is 0 Å². The highest BCUT2D eigenvalue weighted by Gasteiger charge is 2.23. The Bertz CT molecular complexity index is 528. The smallest absolute Gasteiger partial charge is 0.312 e. The van der Waals surface area contributed by atoms with E-state index in [0.29, 0.717) is 0 Å². The minimum atomic E-state index is -0.621. The normalized spacial score (nSPS) is 11.9. The first-order valence-corrected chi connectivity index (χ1v) is 7.48. The molecular formula is C17H27N3O2. The highest BCUT2D eigenvalue weighted by molar-refractivity contribution is 5.78. The Morgan fingerprint density at radius 2 is 1.50 bits per heavy atom. The van der Waals surface area contributed by atoms with E-state index in [9.17, 15) is 9.59 Å². The van der Waals surface area contributed by atoms with E-state index in [1.54, 1.807) is 0 Å². The summed E-state index contributed by atoms with van der Waals surface area (Å²) in [5.74, 6) is -0.126. The molecule has 0 saturated carbocycles. The van der Waals surface area contributed by atoms with Gasteiger partial charge < -0.3 is 16.4 Å². The third kappa shape index (κ3) is 5.39. The molecule has 4 N–H and O–H groups in total. The van der Waals surface area contributed by atoms with Gasteiger partial charge in [-0.05, 0) is 30.4 Å². The van der Waals surface area contributed by atoms with Crippen molar-refractivity contribution in [3.05, 3.63) is 35.4 Å². The van der Waals surface area contributed by atoms with Crippen LogP contribution >= 0.6 is 0 Å². The zero-order chi connectivity index (χ0) is 17.0. The van der Waals surface area contributed by atoms with Gasteiger partial charge in [-0.2, -0.15) is 0 Å². The fourth-order valence-corrected chi connectivity index (χ4v) is 2.17. The van der Waals surface area contributed by atoms with Crippen LogP contribution in [0.4, 0.5) is 4.79 Å². The number of hydrogen-bond acceptors (Lipinski definition) is 2. The molecule has 1 aromatic carbocycles. The number of carbonyl (C=O) groups is 2. The van der Waals surface area contributed by atoms with E-state index < -0.39 is 11.6 Å². The first-order valence-electron chi connectivity index (χ1n) is 7.48. The number of nitrogens with two attached hydrogens (primary N) is 1. The van der Waals surface area contributed by atoms with Gasteiger partial charge in [0.1, 0.15) is 0 Å². The Hall–Kier alpha value is -2.04. The fourth-order valence-electron chi connectivity index (χ4n) is 2.17. The van der Waals surface area contributed by atoms with Gasteiger partial charge in [0.05, 0.1) is 5.54 Å². The molecular weight excluding hydrogens is 278 g/mol. The maximum atomic E-state index is 11.9. The molecule has 0 aliphatic rings. The molecule has 22 heavy (non-hydrogen) atoms. The van der Waals surface area contributed by atoms with Crippen molar-refractivity contribution in [1.29, 1.82) is 0 Å². The average molecular weight is 305 g/mol. The molecule has 1 rings (SSSR count). The average Bonchev–Trinajstić information content (AvgIpc) is 2.36. The summed E-state index contributed by atoms with van der Waals surface area (Å²) in [6, 6.07) is 7.66. The van der Waals surface area contributed by atoms with Crippen LogP contribution in [0.25, 0.3) is 0 Å². The lowest BCUT2D eigenvalue weighted by Gasteiger charge is -2.28. The minimum Gasteiger partial charge on any atom is -0.352 e. The second kappa shape index (κ2) is 6.81. The number of urea groups is 1. The zero-order valence-corrected chi connectivity index (χ0v) is 14.1. The molecule has 0 fully saturated rings. The molecule has 5 nitrogen and oxygen atoms in total. The molecule has 1 aromatic rings. The van der Waals surface area contributed by atoms with Crippen molar-refractivity contribution in [3.63, 3.8) is 0 Å². The first kappa shape index (κ1) is 18.0. The molecule has 0 unspecified atom stereocenters. The lowest BCUT2D eigenvalue weighted by molar-refractivity contribution is -0.122. The number of amides is 3. The summed E-state index contributed by atoms with van der Waals surface area (Å²) in [5, 5.41) is 5.38. The van der Waals surface area contributed by atoms with Crippen molar-refractivity contribution in [3.8, 4) is 0 Å². The quantitative estimate of drug-likeness (QED) is 0.780. The molecule has 0 aliphatic heterocycles. The predicted molar refractivity (Wildman–Crippen MR) is 88.5 cm³/mol. The van der Waals surface area contributed by atoms with Gasteiger partial charge in [0.25, 0.3) is 0 Å². The van der Waals surface area contributed by atoms with E-state index in [2.05, 4.69) is 43.5 Å². The van der Waals surface area contributed by atoms with Crippen LogP contribution in [-0.2, 0) is 15.7 Å². The van der Waals surface area contributed by atoms with Crippen molar-refractivity contribution < 1.29 is 9.59 Å². The molecule has 5 heteroatoms. The predicted octanol–water partition coefficient (Wildman–Crippen LogP) is 2.39. The SMILES string of the molecule is CC(C)(C)c1ccc(C(C)(C)NC(=O)CCNC(N)=O)cc1. The Balaban J connectivity index is 2.69. The lowest BCUT2D eigenvalue weighted by atomic mass is 9.84. The maximum Gasteiger partial charge on any atom is 0.312 e. The second-order valence-electron chi connectivity index (χ2n) is 7.04. The largest absolute Gasteiger partial charge is 0.352 e. The number of primary amides is 1. The highest BCUT2D eigenvalue weighted by Crippen LogP contribution is 2.26. The van der Waals surface area contributed by atoms with Crippen molar-refractivity contribution in [2.24, 2.45) is 5.73 Å². The highest BCUT2D eigenvalue weighted by atomic mass is 16.2. The summed E-state index contributed by atoms with van der Waals surface area (Å²) >= 11 is 0. The summed E-state index contributed by atoms with van der Waals surface area (Å²) in [6.07, 6.45) is 0.201. The third-order valence-electron chi connectivity index (χ3n) is 3.58. The van der Waals surface area contributed by atoms with Crippen LogP contribution < -0.4 is 16.4 Å². The Morgan fingerprint density at radius 3 is 1.95 bits per heavy atom. The van der Waals surface area contributed by atoms with Gasteiger partial charge in [-0.25, -0.2) is 4.79 Å². The van der Waals surface area contributed by atoms with E-state index in [4.69, 9.17) is 5.73 Å². The van der Waals surface area contributed by atoms with Gasteiger partial charge in [-0.1, -0.05) is 45.0 Å². The van der Waals surface area contributed by atoms with Crippen molar-refractivity contribution in [2.75, 3.05) is 6.54 Å². The summed E-state index contributed by atoms with van der Waals surface area (Å²) in [7, 11) is 0. The van der Waals surface area contributed by atoms with Gasteiger partial charge in [0.2, 0.25) is 5.91 Å². The molecule has 0 spiro atoms. The van der Waals surface area contributed by atoms with Crippen LogP contribution in [0, 0.1) is 0 Å². The van der Waals surface area contributed by atoms with Crippen LogP contribution in [0.1, 0.15) is 52.2 Å². The van der Waals surface area contributed by atoms with E-state index in [0.717, 1.165) is 5.56 Å². The molecule has 122 valence electrons. The maximum absolute atomic E-state index is 11.9. The Morgan fingerprint density at radius 1 is 1.00 bits per heavy atom. The second-order valence-corrected chi connectivity index (χ2v) is 7.04. The van der Waals surface area contributed by atoms with E-state index in [-0.39, 0.29) is 24.3 Å². The van der Waals surface area contributed by atoms with E-state index in [1.165, 1.54) is 5.56 Å². The topological polar surface area (TPSA) is 84.2 Å². The van der Waals surface area contributed by atoms with Crippen LogP contribution in [0.15, 0.2) is 24.3 Å². The molecule has 0 bridgehead atoms. The molecule has 0 atom stereocenters. The van der Waals surface area contributed by atoms with Gasteiger partial charge in [-0.15, -0.1) is 0 Å². The molecule has 0 heterocycles. The molecule has 0 radical (unpaired) electrons. The van der Waals surface area contributed by atoms with Gasteiger partial charge >= 0.3 is 6.03 Å². The fraction of sp³-hybridized carbons (Fsp3) is 0.529. The third-order valence-corrected chi connectivity index (χ3v) is 3.58. The summed E-state index contributed by atoms with van der Waals surface area (Å²) in [4.78, 5) is 22.5. The van der Waals surface area contributed by atoms with Crippen LogP contribution in [-0.4, -0.2) is 18.5 Å². The van der Waals surface area contributed by atoms with Crippen molar-refractivity contribution in [1.82, 2.24) is 10.6 Å². The number of carbonyl (C=O) groups excluding carboxylic acids is 2.